The third kappa shape index (κ3) is 5.02. The topological polar surface area (TPSA) is 83.5 Å². The van der Waals surface area contributed by atoms with E-state index >= 15 is 0 Å². The first kappa shape index (κ1) is 16.3. The molecule has 0 heterocycles. The Morgan fingerprint density at radius 3 is 2.68 bits per heavy atom. The first-order valence-electron chi connectivity index (χ1n) is 5.42. The fourth-order valence-electron chi connectivity index (χ4n) is 1.34. The summed E-state index contributed by atoms with van der Waals surface area (Å²) in [6.07, 6.45) is 2.01. The van der Waals surface area contributed by atoms with Gasteiger partial charge in [0.2, 0.25) is 10.0 Å². The molecule has 19 heavy (non-hydrogen) atoms. The van der Waals surface area contributed by atoms with E-state index in [1.165, 1.54) is 23.9 Å². The van der Waals surface area contributed by atoms with E-state index in [0.717, 1.165) is 4.90 Å². The van der Waals surface area contributed by atoms with Crippen LogP contribution in [0.2, 0.25) is 5.02 Å². The Hall–Kier alpha value is -0.760. The van der Waals surface area contributed by atoms with E-state index in [-0.39, 0.29) is 24.3 Å². The number of hydrogen-bond donors (Lipinski definition) is 2. The molecule has 0 saturated heterocycles. The third-order valence-electron chi connectivity index (χ3n) is 2.29. The molecule has 5 nitrogen and oxygen atoms in total. The van der Waals surface area contributed by atoms with Gasteiger partial charge < -0.3 is 5.11 Å². The highest BCUT2D eigenvalue weighted by atomic mass is 35.5. The Kier molecular flexibility index (Phi) is 6.12. The summed E-state index contributed by atoms with van der Waals surface area (Å²) in [7, 11) is -3.64. The van der Waals surface area contributed by atoms with Crippen LogP contribution in [-0.2, 0) is 14.8 Å². The highest BCUT2D eigenvalue weighted by Gasteiger charge is 2.15. The molecule has 1 aromatic carbocycles. The Bertz CT molecular complexity index is 560. The van der Waals surface area contributed by atoms with Gasteiger partial charge in [-0.2, -0.15) is 0 Å². The Labute approximate surface area is 121 Å². The number of hydrogen-bond acceptors (Lipinski definition) is 4. The molecule has 0 aliphatic carbocycles. The van der Waals surface area contributed by atoms with Crippen LogP contribution < -0.4 is 4.72 Å². The van der Waals surface area contributed by atoms with E-state index in [2.05, 4.69) is 4.72 Å². The number of nitrogens with one attached hydrogen (secondary N) is 1. The first-order chi connectivity index (χ1) is 8.86. The number of rotatable bonds is 7. The molecular weight excluding hydrogens is 310 g/mol. The number of benzene rings is 1. The van der Waals surface area contributed by atoms with Gasteiger partial charge in [-0.25, -0.2) is 13.1 Å². The minimum absolute atomic E-state index is 0.0747. The van der Waals surface area contributed by atoms with E-state index in [1.54, 1.807) is 6.07 Å². The van der Waals surface area contributed by atoms with E-state index in [9.17, 15) is 13.2 Å². The van der Waals surface area contributed by atoms with Crippen molar-refractivity contribution in [1.29, 1.82) is 0 Å². The van der Waals surface area contributed by atoms with Crippen molar-refractivity contribution in [2.75, 3.05) is 12.8 Å². The second kappa shape index (κ2) is 7.14. The number of aliphatic carboxylic acids is 1. The number of halogens is 1. The largest absolute Gasteiger partial charge is 0.481 e. The van der Waals surface area contributed by atoms with Crippen LogP contribution in [0.3, 0.4) is 0 Å². The van der Waals surface area contributed by atoms with Gasteiger partial charge in [0.1, 0.15) is 0 Å². The second-order valence-corrected chi connectivity index (χ2v) is 6.71. The summed E-state index contributed by atoms with van der Waals surface area (Å²) < 4.78 is 26.1. The number of sulfonamides is 1. The Morgan fingerprint density at radius 2 is 2.16 bits per heavy atom. The Morgan fingerprint density at radius 1 is 1.47 bits per heavy atom. The van der Waals surface area contributed by atoms with Crippen molar-refractivity contribution in [3.8, 4) is 0 Å². The second-order valence-electron chi connectivity index (χ2n) is 3.69. The maximum absolute atomic E-state index is 11.9. The van der Waals surface area contributed by atoms with Crippen LogP contribution in [0, 0.1) is 0 Å². The van der Waals surface area contributed by atoms with Gasteiger partial charge in [0, 0.05) is 17.9 Å². The van der Waals surface area contributed by atoms with Gasteiger partial charge in [-0.15, -0.1) is 11.8 Å². The summed E-state index contributed by atoms with van der Waals surface area (Å²) in [6.45, 7) is 0.0799. The molecule has 8 heteroatoms. The van der Waals surface area contributed by atoms with Crippen LogP contribution in [0.5, 0.6) is 0 Å². The summed E-state index contributed by atoms with van der Waals surface area (Å²) in [5.74, 6) is -0.952. The van der Waals surface area contributed by atoms with Gasteiger partial charge in [0.25, 0.3) is 0 Å². The van der Waals surface area contributed by atoms with Crippen molar-refractivity contribution in [3.05, 3.63) is 23.2 Å². The van der Waals surface area contributed by atoms with Crippen molar-refractivity contribution in [2.45, 2.75) is 22.6 Å². The summed E-state index contributed by atoms with van der Waals surface area (Å²) in [4.78, 5) is 11.2. The molecule has 0 saturated carbocycles. The minimum atomic E-state index is -3.64. The van der Waals surface area contributed by atoms with Crippen LogP contribution in [0.15, 0.2) is 28.0 Å². The van der Waals surface area contributed by atoms with E-state index in [0.29, 0.717) is 5.02 Å². The zero-order valence-electron chi connectivity index (χ0n) is 10.2. The number of carboxylic acid groups (broad SMARTS) is 1. The zero-order valence-corrected chi connectivity index (χ0v) is 12.6. The third-order valence-corrected chi connectivity index (χ3v) is 4.97. The van der Waals surface area contributed by atoms with Gasteiger partial charge in [-0.1, -0.05) is 11.6 Å². The van der Waals surface area contributed by atoms with Crippen LogP contribution in [0.25, 0.3) is 0 Å². The van der Waals surface area contributed by atoms with Crippen LogP contribution in [-0.4, -0.2) is 32.3 Å². The van der Waals surface area contributed by atoms with Gasteiger partial charge in [0.05, 0.1) is 9.92 Å². The van der Waals surface area contributed by atoms with Crippen molar-refractivity contribution in [3.63, 3.8) is 0 Å². The van der Waals surface area contributed by atoms with Gasteiger partial charge >= 0.3 is 5.97 Å². The van der Waals surface area contributed by atoms with Crippen molar-refractivity contribution in [2.24, 2.45) is 0 Å². The SMILES string of the molecule is CSc1ccc(S(=O)(=O)NCCCC(=O)O)cc1Cl. The van der Waals surface area contributed by atoms with E-state index < -0.39 is 16.0 Å². The standard InChI is InChI=1S/C11H14ClNO4S2/c1-18-10-5-4-8(7-9(10)12)19(16,17)13-6-2-3-11(14)15/h4-5,7,13H,2-3,6H2,1H3,(H,14,15). The number of carboxylic acids is 1. The normalized spacial score (nSPS) is 11.5. The quantitative estimate of drug-likeness (QED) is 0.593. The van der Waals surface area contributed by atoms with Crippen molar-refractivity contribution >= 4 is 39.4 Å². The summed E-state index contributed by atoms with van der Waals surface area (Å²) in [6, 6.07) is 4.49. The molecule has 0 aliphatic heterocycles. The molecule has 0 radical (unpaired) electrons. The fraction of sp³-hybridized carbons (Fsp3) is 0.364. The number of carbonyl (C=O) groups is 1. The summed E-state index contributed by atoms with van der Waals surface area (Å²) in [5.41, 5.74) is 0. The van der Waals surface area contributed by atoms with E-state index in [1.807, 2.05) is 6.26 Å². The molecule has 2 N–H and O–H groups in total. The molecule has 0 bridgehead atoms. The maximum atomic E-state index is 11.9. The predicted octanol–water partition coefficient (Wildman–Crippen LogP) is 2.21. The molecule has 106 valence electrons. The van der Waals surface area contributed by atoms with Gasteiger partial charge in [0.15, 0.2) is 0 Å². The lowest BCUT2D eigenvalue weighted by atomic mass is 10.3. The van der Waals surface area contributed by atoms with Gasteiger partial charge in [-0.3, -0.25) is 4.79 Å². The lowest BCUT2D eigenvalue weighted by molar-refractivity contribution is -0.137. The molecule has 0 spiro atoms. The first-order valence-corrected chi connectivity index (χ1v) is 8.50. The van der Waals surface area contributed by atoms with E-state index in [4.69, 9.17) is 16.7 Å². The zero-order chi connectivity index (χ0) is 14.5. The average Bonchev–Trinajstić information content (AvgIpc) is 2.34. The molecule has 0 amide bonds. The molecule has 0 atom stereocenters. The van der Waals surface area contributed by atoms with Crippen LogP contribution in [0.4, 0.5) is 0 Å². The molecule has 1 aromatic rings. The van der Waals surface area contributed by atoms with Crippen LogP contribution >= 0.6 is 23.4 Å². The molecular formula is C11H14ClNO4S2. The van der Waals surface area contributed by atoms with Crippen molar-refractivity contribution in [1.82, 2.24) is 4.72 Å². The van der Waals surface area contributed by atoms with Crippen LogP contribution in [0.1, 0.15) is 12.8 Å². The lowest BCUT2D eigenvalue weighted by Gasteiger charge is -2.08. The monoisotopic (exact) mass is 323 g/mol. The highest BCUT2D eigenvalue weighted by molar-refractivity contribution is 7.98. The average molecular weight is 324 g/mol. The van der Waals surface area contributed by atoms with Crippen molar-refractivity contribution < 1.29 is 18.3 Å². The molecule has 0 aliphatic rings. The summed E-state index contributed by atoms with van der Waals surface area (Å²) in [5, 5.41) is 8.83. The lowest BCUT2D eigenvalue weighted by Crippen LogP contribution is -2.25. The van der Waals surface area contributed by atoms with Gasteiger partial charge in [-0.05, 0) is 30.9 Å². The minimum Gasteiger partial charge on any atom is -0.481 e. The molecule has 1 rings (SSSR count). The fourth-order valence-corrected chi connectivity index (χ4v) is 3.38. The summed E-state index contributed by atoms with van der Waals surface area (Å²) >= 11 is 7.37. The maximum Gasteiger partial charge on any atom is 0.303 e. The number of thioether (sulfide) groups is 1. The predicted molar refractivity (Wildman–Crippen MR) is 75.3 cm³/mol. The molecule has 0 unspecified atom stereocenters. The Balaban J connectivity index is 2.72. The molecule has 0 aromatic heterocycles. The highest BCUT2D eigenvalue weighted by Crippen LogP contribution is 2.27. The smallest absolute Gasteiger partial charge is 0.303 e. The molecule has 0 fully saturated rings.